The van der Waals surface area contributed by atoms with E-state index >= 15 is 0 Å². The first-order valence-corrected chi connectivity index (χ1v) is 8.59. The number of nitrogens with zero attached hydrogens (tertiary/aromatic N) is 2. The van der Waals surface area contributed by atoms with Gasteiger partial charge in [-0.2, -0.15) is 9.40 Å². The smallest absolute Gasteiger partial charge is 0.276 e. The normalized spacial score (nSPS) is 12.0. The highest BCUT2D eigenvalue weighted by Gasteiger charge is 2.26. The van der Waals surface area contributed by atoms with Gasteiger partial charge in [-0.05, 0) is 31.0 Å². The van der Waals surface area contributed by atoms with E-state index in [-0.39, 0.29) is 10.7 Å². The van der Waals surface area contributed by atoms with Crippen molar-refractivity contribution in [3.8, 4) is 11.5 Å². The molecule has 0 saturated heterocycles. The van der Waals surface area contributed by atoms with Crippen LogP contribution in [-0.4, -0.2) is 36.0 Å². The Morgan fingerprint density at radius 2 is 1.82 bits per heavy atom. The molecule has 2 rings (SSSR count). The van der Waals surface area contributed by atoms with Gasteiger partial charge >= 0.3 is 0 Å². The minimum Gasteiger partial charge on any atom is -0.442 e. The van der Waals surface area contributed by atoms with Crippen LogP contribution in [0.1, 0.15) is 26.7 Å². The van der Waals surface area contributed by atoms with E-state index in [4.69, 9.17) is 4.42 Å². The van der Waals surface area contributed by atoms with Crippen LogP contribution in [0.4, 0.5) is 0 Å². The topological polar surface area (TPSA) is 96.3 Å². The Labute approximate surface area is 129 Å². The van der Waals surface area contributed by atoms with Gasteiger partial charge < -0.3 is 4.42 Å². The average Bonchev–Trinajstić information content (AvgIpc) is 2.98. The molecular weight excluding hydrogens is 306 g/mol. The molecule has 0 spiro atoms. The van der Waals surface area contributed by atoms with Crippen molar-refractivity contribution >= 4 is 10.0 Å². The van der Waals surface area contributed by atoms with Crippen molar-refractivity contribution in [3.63, 3.8) is 0 Å². The lowest BCUT2D eigenvalue weighted by Crippen LogP contribution is -2.32. The summed E-state index contributed by atoms with van der Waals surface area (Å²) in [5.74, 6) is 0.294. The molecule has 0 atom stereocenters. The lowest BCUT2D eigenvalue weighted by atomic mass is 10.3. The SMILES string of the molecule is CCCN(CCC)S(=O)(=O)c1ccc(-c2ccc(=O)[nH]n2)o1. The Kier molecular flexibility index (Phi) is 5.15. The quantitative estimate of drug-likeness (QED) is 0.838. The fourth-order valence-corrected chi connectivity index (χ4v) is 3.59. The summed E-state index contributed by atoms with van der Waals surface area (Å²) in [6.07, 6.45) is 1.46. The van der Waals surface area contributed by atoms with E-state index in [1.165, 1.54) is 28.6 Å². The van der Waals surface area contributed by atoms with E-state index in [0.29, 0.717) is 24.5 Å². The number of furan rings is 1. The van der Waals surface area contributed by atoms with Crippen LogP contribution in [0.3, 0.4) is 0 Å². The third-order valence-electron chi connectivity index (χ3n) is 3.05. The van der Waals surface area contributed by atoms with Crippen LogP contribution in [0.25, 0.3) is 11.5 Å². The van der Waals surface area contributed by atoms with E-state index in [2.05, 4.69) is 10.2 Å². The predicted molar refractivity (Wildman–Crippen MR) is 81.9 cm³/mol. The molecule has 2 heterocycles. The van der Waals surface area contributed by atoms with Gasteiger partial charge in [0.1, 0.15) is 5.69 Å². The van der Waals surface area contributed by atoms with Crippen LogP contribution in [0.5, 0.6) is 0 Å². The molecule has 0 saturated carbocycles. The standard InChI is InChI=1S/C14H19N3O4S/c1-3-9-17(10-4-2)22(19,20)14-8-6-12(21-14)11-5-7-13(18)16-15-11/h5-8H,3-4,9-10H2,1-2H3,(H,16,18). The molecule has 0 radical (unpaired) electrons. The first-order valence-electron chi connectivity index (χ1n) is 7.15. The number of aromatic nitrogens is 2. The largest absolute Gasteiger partial charge is 0.442 e. The minimum absolute atomic E-state index is 0.114. The first kappa shape index (κ1) is 16.4. The van der Waals surface area contributed by atoms with Crippen LogP contribution in [0, 0.1) is 0 Å². The zero-order valence-corrected chi connectivity index (χ0v) is 13.4. The van der Waals surface area contributed by atoms with Gasteiger partial charge in [0.2, 0.25) is 5.09 Å². The highest BCUT2D eigenvalue weighted by Crippen LogP contribution is 2.24. The summed E-state index contributed by atoms with van der Waals surface area (Å²) in [5.41, 5.74) is 0.0406. The number of rotatable bonds is 7. The lowest BCUT2D eigenvalue weighted by molar-refractivity contribution is 0.380. The zero-order valence-electron chi connectivity index (χ0n) is 12.6. The predicted octanol–water partition coefficient (Wildman–Crippen LogP) is 1.84. The molecule has 1 N–H and O–H groups in total. The summed E-state index contributed by atoms with van der Waals surface area (Å²) < 4.78 is 32.0. The van der Waals surface area contributed by atoms with E-state index in [1.54, 1.807) is 0 Å². The van der Waals surface area contributed by atoms with Crippen molar-refractivity contribution in [2.45, 2.75) is 31.8 Å². The summed E-state index contributed by atoms with van der Waals surface area (Å²) in [7, 11) is -3.65. The molecule has 8 heteroatoms. The van der Waals surface area contributed by atoms with Crippen molar-refractivity contribution in [2.75, 3.05) is 13.1 Å². The molecule has 0 aromatic carbocycles. The zero-order chi connectivity index (χ0) is 16.2. The van der Waals surface area contributed by atoms with Crippen LogP contribution in [0.15, 0.2) is 38.6 Å². The summed E-state index contributed by atoms with van der Waals surface area (Å²) >= 11 is 0. The molecule has 22 heavy (non-hydrogen) atoms. The summed E-state index contributed by atoms with van der Waals surface area (Å²) in [5, 5.41) is 5.99. The Hall–Kier alpha value is -1.93. The molecule has 2 aromatic rings. The van der Waals surface area contributed by atoms with Crippen molar-refractivity contribution in [3.05, 3.63) is 34.6 Å². The van der Waals surface area contributed by atoms with Crippen molar-refractivity contribution < 1.29 is 12.8 Å². The number of H-pyrrole nitrogens is 1. The lowest BCUT2D eigenvalue weighted by Gasteiger charge is -2.19. The molecule has 0 bridgehead atoms. The molecule has 0 unspecified atom stereocenters. The molecular formula is C14H19N3O4S. The van der Waals surface area contributed by atoms with Gasteiger partial charge in [-0.1, -0.05) is 13.8 Å². The van der Waals surface area contributed by atoms with Crippen molar-refractivity contribution in [1.29, 1.82) is 0 Å². The van der Waals surface area contributed by atoms with E-state index < -0.39 is 10.0 Å². The molecule has 0 aliphatic rings. The van der Waals surface area contributed by atoms with Crippen molar-refractivity contribution in [1.82, 2.24) is 14.5 Å². The number of sulfonamides is 1. The van der Waals surface area contributed by atoms with Gasteiger partial charge in [-0.3, -0.25) is 4.79 Å². The summed E-state index contributed by atoms with van der Waals surface area (Å²) in [6, 6.07) is 5.72. The van der Waals surface area contributed by atoms with Crippen LogP contribution < -0.4 is 5.56 Å². The van der Waals surface area contributed by atoms with Crippen LogP contribution in [-0.2, 0) is 10.0 Å². The molecule has 0 fully saturated rings. The number of aromatic amines is 1. The highest BCUT2D eigenvalue weighted by atomic mass is 32.2. The molecule has 0 amide bonds. The second-order valence-electron chi connectivity index (χ2n) is 4.83. The molecule has 0 aliphatic heterocycles. The fourth-order valence-electron chi connectivity index (χ4n) is 2.06. The van der Waals surface area contributed by atoms with E-state index in [0.717, 1.165) is 12.8 Å². The third-order valence-corrected chi connectivity index (χ3v) is 4.83. The van der Waals surface area contributed by atoms with Gasteiger partial charge in [0, 0.05) is 19.2 Å². The van der Waals surface area contributed by atoms with E-state index in [9.17, 15) is 13.2 Å². The molecule has 2 aromatic heterocycles. The Balaban J connectivity index is 2.33. The van der Waals surface area contributed by atoms with Crippen LogP contribution in [0.2, 0.25) is 0 Å². The Bertz CT molecular complexity index is 753. The van der Waals surface area contributed by atoms with E-state index in [1.807, 2.05) is 13.8 Å². The monoisotopic (exact) mass is 325 g/mol. The minimum atomic E-state index is -3.65. The average molecular weight is 325 g/mol. The van der Waals surface area contributed by atoms with Gasteiger partial charge in [0.05, 0.1) is 0 Å². The van der Waals surface area contributed by atoms with Gasteiger partial charge in [0.25, 0.3) is 15.6 Å². The third kappa shape index (κ3) is 3.45. The second-order valence-corrected chi connectivity index (χ2v) is 6.70. The van der Waals surface area contributed by atoms with Gasteiger partial charge in [-0.15, -0.1) is 0 Å². The number of hydrogen-bond donors (Lipinski definition) is 1. The molecule has 7 nitrogen and oxygen atoms in total. The summed E-state index contributed by atoms with van der Waals surface area (Å²) in [6.45, 7) is 4.75. The Morgan fingerprint density at radius 1 is 1.14 bits per heavy atom. The first-order chi connectivity index (χ1) is 10.5. The maximum absolute atomic E-state index is 12.6. The highest BCUT2D eigenvalue weighted by molar-refractivity contribution is 7.89. The maximum atomic E-state index is 12.6. The van der Waals surface area contributed by atoms with Crippen LogP contribution >= 0.6 is 0 Å². The van der Waals surface area contributed by atoms with Gasteiger partial charge in [0.15, 0.2) is 5.76 Å². The molecule has 0 aliphatic carbocycles. The fraction of sp³-hybridized carbons (Fsp3) is 0.429. The van der Waals surface area contributed by atoms with Gasteiger partial charge in [-0.25, -0.2) is 13.5 Å². The number of nitrogens with one attached hydrogen (secondary N) is 1. The number of hydrogen-bond acceptors (Lipinski definition) is 5. The Morgan fingerprint density at radius 3 is 2.36 bits per heavy atom. The summed E-state index contributed by atoms with van der Waals surface area (Å²) in [4.78, 5) is 11.0. The second kappa shape index (κ2) is 6.89. The maximum Gasteiger partial charge on any atom is 0.276 e. The molecule has 120 valence electrons. The van der Waals surface area contributed by atoms with Crippen molar-refractivity contribution in [2.24, 2.45) is 0 Å².